The third-order valence-electron chi connectivity index (χ3n) is 5.79. The summed E-state index contributed by atoms with van der Waals surface area (Å²) in [7, 11) is 0. The molecule has 4 N–H and O–H groups in total. The van der Waals surface area contributed by atoms with Crippen molar-refractivity contribution in [3.05, 3.63) is 87.2 Å². The van der Waals surface area contributed by atoms with E-state index in [1.165, 1.54) is 12.1 Å². The molecule has 0 aliphatic heterocycles. The van der Waals surface area contributed by atoms with Crippen molar-refractivity contribution in [2.45, 2.75) is 25.9 Å². The predicted octanol–water partition coefficient (Wildman–Crippen LogP) is 4.87. The van der Waals surface area contributed by atoms with Crippen molar-refractivity contribution in [3.8, 4) is 11.1 Å². The number of nitrogens with one attached hydrogen (secondary N) is 2. The lowest BCUT2D eigenvalue weighted by molar-refractivity contribution is -0.384. The van der Waals surface area contributed by atoms with Gasteiger partial charge in [0.15, 0.2) is 0 Å². The predicted molar refractivity (Wildman–Crippen MR) is 147 cm³/mol. The Hall–Kier alpha value is -4.09. The van der Waals surface area contributed by atoms with Gasteiger partial charge >= 0.3 is 5.69 Å². The molecule has 0 atom stereocenters. The van der Waals surface area contributed by atoms with Crippen molar-refractivity contribution in [2.75, 3.05) is 24.1 Å². The van der Waals surface area contributed by atoms with Crippen LogP contribution in [0.1, 0.15) is 23.3 Å². The summed E-state index contributed by atoms with van der Waals surface area (Å²) in [6.45, 7) is 2.29. The highest BCUT2D eigenvalue weighted by Crippen LogP contribution is 2.32. The molecule has 13 heteroatoms. The van der Waals surface area contributed by atoms with E-state index in [9.17, 15) is 14.9 Å². The van der Waals surface area contributed by atoms with Crippen LogP contribution in [-0.4, -0.2) is 43.0 Å². The van der Waals surface area contributed by atoms with Crippen molar-refractivity contribution >= 4 is 46.4 Å². The smallest absolute Gasteiger partial charge is 0.311 e. The number of aryl methyl sites for hydroxylation is 2. The van der Waals surface area contributed by atoms with Gasteiger partial charge in [-0.15, -0.1) is 0 Å². The van der Waals surface area contributed by atoms with Gasteiger partial charge in [-0.2, -0.15) is 0 Å². The quantitative estimate of drug-likeness (QED) is 0.128. The lowest BCUT2D eigenvalue weighted by Gasteiger charge is -2.11. The van der Waals surface area contributed by atoms with Gasteiger partial charge in [0.1, 0.15) is 11.5 Å². The number of rotatable bonds is 12. The van der Waals surface area contributed by atoms with Gasteiger partial charge in [-0.25, -0.2) is 9.97 Å². The number of nitrogen functional groups attached to an aromatic ring is 1. The average Bonchev–Trinajstić information content (AvgIpc) is 3.54. The van der Waals surface area contributed by atoms with Crippen LogP contribution in [0, 0.1) is 10.1 Å². The Morgan fingerprint density at radius 1 is 1.11 bits per heavy atom. The number of nitrogens with zero attached hydrogens (tertiary/aromatic N) is 5. The largest absolute Gasteiger partial charge is 0.378 e. The second-order valence-electron chi connectivity index (χ2n) is 8.48. The number of aromatic nitrogens is 4. The number of hydrogen-bond donors (Lipinski definition) is 3. The minimum absolute atomic E-state index is 0.151. The Balaban J connectivity index is 1.42. The van der Waals surface area contributed by atoms with Gasteiger partial charge in [-0.3, -0.25) is 14.9 Å². The van der Waals surface area contributed by atoms with E-state index in [0.29, 0.717) is 47.6 Å². The molecule has 0 saturated heterocycles. The molecule has 0 unspecified atom stereocenters. The maximum atomic E-state index is 13.1. The number of hydrogen-bond acceptors (Lipinski definition) is 7. The molecule has 4 rings (SSSR count). The van der Waals surface area contributed by atoms with E-state index in [1.807, 2.05) is 33.7 Å². The minimum atomic E-state index is -0.576. The fraction of sp³-hybridized carbons (Fsp3) is 0.240. The molecule has 11 nitrogen and oxygen atoms in total. The van der Waals surface area contributed by atoms with E-state index in [0.717, 1.165) is 24.1 Å². The van der Waals surface area contributed by atoms with Gasteiger partial charge in [-0.1, -0.05) is 29.3 Å². The van der Waals surface area contributed by atoms with E-state index < -0.39 is 4.92 Å². The standard InChI is InChI=1S/C25H26Cl2N8O3/c26-18-3-4-19(20(27)14-18)17-13-22(25(36)31-8-1-10-33-12-9-29-16-33)34(15-17)11-2-7-30-23-6-5-21(35(37)38)24(28)32-23/h3-6,9,12-16H,1-2,7-8,10-11H2,(H,31,36)(H3,28,30,32). The van der Waals surface area contributed by atoms with Crippen LogP contribution in [0.5, 0.6) is 0 Å². The fourth-order valence-electron chi connectivity index (χ4n) is 3.92. The van der Waals surface area contributed by atoms with Crippen LogP contribution in [-0.2, 0) is 13.1 Å². The van der Waals surface area contributed by atoms with Crippen LogP contribution in [0.3, 0.4) is 0 Å². The maximum Gasteiger partial charge on any atom is 0.311 e. The molecule has 4 aromatic rings. The number of benzene rings is 1. The SMILES string of the molecule is Nc1nc(NCCCn2cc(-c3ccc(Cl)cc3Cl)cc2C(=O)NCCCn2ccnc2)ccc1[N+](=O)[O-]. The lowest BCUT2D eigenvalue weighted by atomic mass is 10.1. The molecule has 0 radical (unpaired) electrons. The van der Waals surface area contributed by atoms with Crippen molar-refractivity contribution in [2.24, 2.45) is 0 Å². The Morgan fingerprint density at radius 3 is 2.63 bits per heavy atom. The third kappa shape index (κ3) is 6.81. The Morgan fingerprint density at radius 2 is 1.92 bits per heavy atom. The summed E-state index contributed by atoms with van der Waals surface area (Å²) in [6.07, 6.45) is 8.62. The molecule has 0 aliphatic rings. The first-order valence-electron chi connectivity index (χ1n) is 11.9. The Kier molecular flexibility index (Phi) is 8.82. The number of pyridine rings is 1. The van der Waals surface area contributed by atoms with Crippen LogP contribution in [0.15, 0.2) is 61.3 Å². The number of amides is 1. The molecule has 0 bridgehead atoms. The monoisotopic (exact) mass is 556 g/mol. The van der Waals surface area contributed by atoms with Gasteiger partial charge in [0.25, 0.3) is 5.91 Å². The van der Waals surface area contributed by atoms with E-state index in [2.05, 4.69) is 20.6 Å². The summed E-state index contributed by atoms with van der Waals surface area (Å²) >= 11 is 12.5. The van der Waals surface area contributed by atoms with E-state index >= 15 is 0 Å². The third-order valence-corrected chi connectivity index (χ3v) is 6.34. The Bertz CT molecular complexity index is 1420. The topological polar surface area (TPSA) is 146 Å². The summed E-state index contributed by atoms with van der Waals surface area (Å²) < 4.78 is 3.83. The first-order valence-corrected chi connectivity index (χ1v) is 12.6. The second-order valence-corrected chi connectivity index (χ2v) is 9.32. The van der Waals surface area contributed by atoms with Crippen molar-refractivity contribution in [3.63, 3.8) is 0 Å². The molecule has 0 saturated carbocycles. The van der Waals surface area contributed by atoms with Gasteiger partial charge in [0.2, 0.25) is 5.82 Å². The highest BCUT2D eigenvalue weighted by Gasteiger charge is 2.17. The van der Waals surface area contributed by atoms with E-state index in [1.54, 1.807) is 24.7 Å². The first kappa shape index (κ1) is 27.0. The van der Waals surface area contributed by atoms with E-state index in [4.69, 9.17) is 28.9 Å². The van der Waals surface area contributed by atoms with Crippen LogP contribution in [0.4, 0.5) is 17.3 Å². The number of anilines is 2. The summed E-state index contributed by atoms with van der Waals surface area (Å²) in [5, 5.41) is 18.0. The Labute approximate surface area is 228 Å². The van der Waals surface area contributed by atoms with Gasteiger partial charge in [0.05, 0.1) is 11.3 Å². The average molecular weight is 557 g/mol. The van der Waals surface area contributed by atoms with Crippen LogP contribution in [0.2, 0.25) is 10.0 Å². The molecule has 198 valence electrons. The van der Waals surface area contributed by atoms with Crippen molar-refractivity contribution in [1.82, 2.24) is 24.4 Å². The van der Waals surface area contributed by atoms with E-state index in [-0.39, 0.29) is 17.4 Å². The fourth-order valence-corrected chi connectivity index (χ4v) is 4.43. The number of imidazole rings is 1. The number of halogens is 2. The summed E-state index contributed by atoms with van der Waals surface area (Å²) in [5.41, 5.74) is 7.50. The minimum Gasteiger partial charge on any atom is -0.378 e. The van der Waals surface area contributed by atoms with Gasteiger partial charge in [0, 0.05) is 72.0 Å². The molecule has 0 spiro atoms. The zero-order valence-corrected chi connectivity index (χ0v) is 21.8. The molecule has 3 heterocycles. The molecule has 0 aliphatic carbocycles. The number of nitrogens with two attached hydrogens (primary N) is 1. The summed E-state index contributed by atoms with van der Waals surface area (Å²) in [6, 6.07) is 9.87. The highest BCUT2D eigenvalue weighted by atomic mass is 35.5. The molecular formula is C25H26Cl2N8O3. The summed E-state index contributed by atoms with van der Waals surface area (Å²) in [5.74, 6) is 0.0942. The number of carbonyl (C=O) groups excluding carboxylic acids is 1. The number of nitro groups is 1. The molecule has 0 fully saturated rings. The highest BCUT2D eigenvalue weighted by molar-refractivity contribution is 6.36. The molecular weight excluding hydrogens is 531 g/mol. The molecule has 38 heavy (non-hydrogen) atoms. The second kappa shape index (κ2) is 12.4. The lowest BCUT2D eigenvalue weighted by Crippen LogP contribution is -2.27. The van der Waals surface area contributed by atoms with Gasteiger partial charge in [-0.05, 0) is 37.1 Å². The molecule has 1 amide bonds. The van der Waals surface area contributed by atoms with Crippen molar-refractivity contribution < 1.29 is 9.72 Å². The van der Waals surface area contributed by atoms with Gasteiger partial charge < -0.3 is 25.5 Å². The van der Waals surface area contributed by atoms with Crippen LogP contribution >= 0.6 is 23.2 Å². The van der Waals surface area contributed by atoms with Crippen molar-refractivity contribution in [1.29, 1.82) is 0 Å². The van der Waals surface area contributed by atoms with Crippen LogP contribution in [0.25, 0.3) is 11.1 Å². The zero-order valence-electron chi connectivity index (χ0n) is 20.3. The molecule has 3 aromatic heterocycles. The number of carbonyl (C=O) groups is 1. The molecule has 1 aromatic carbocycles. The maximum absolute atomic E-state index is 13.1. The normalized spacial score (nSPS) is 10.9. The first-order chi connectivity index (χ1) is 18.3. The summed E-state index contributed by atoms with van der Waals surface area (Å²) in [4.78, 5) is 31.5. The van der Waals surface area contributed by atoms with Crippen LogP contribution < -0.4 is 16.4 Å². The zero-order chi connectivity index (χ0) is 27.1.